The van der Waals surface area contributed by atoms with Crippen LogP contribution in [0.4, 0.5) is 0 Å². The van der Waals surface area contributed by atoms with Gasteiger partial charge in [0.25, 0.3) is 0 Å². The Morgan fingerprint density at radius 1 is 0.500 bits per heavy atom. The predicted molar refractivity (Wildman–Crippen MR) is 74.6 cm³/mol. The van der Waals surface area contributed by atoms with Gasteiger partial charge in [-0.25, -0.2) is 0 Å². The molecule has 2 heterocycles. The van der Waals surface area contributed by atoms with Gasteiger partial charge in [-0.1, -0.05) is 30.3 Å². The SMILES string of the molecule is c1ccc2c(c1)c1ccccc1[n+]1ccccc21. The molecule has 0 unspecified atom stereocenters. The van der Waals surface area contributed by atoms with Gasteiger partial charge in [0.05, 0.1) is 10.8 Å². The maximum absolute atomic E-state index is 2.26. The molecule has 4 rings (SSSR count). The fraction of sp³-hybridized carbons (Fsp3) is 0. The number of nitrogens with zero attached hydrogens (tertiary/aromatic N) is 1. The minimum absolute atomic E-state index is 1.26. The highest BCUT2D eigenvalue weighted by Crippen LogP contribution is 2.25. The second-order valence-electron chi connectivity index (χ2n) is 4.52. The van der Waals surface area contributed by atoms with Gasteiger partial charge in [-0.3, -0.25) is 0 Å². The predicted octanol–water partition coefficient (Wildman–Crippen LogP) is 3.73. The van der Waals surface area contributed by atoms with Gasteiger partial charge in [-0.15, -0.1) is 0 Å². The van der Waals surface area contributed by atoms with E-state index in [0.717, 1.165) is 0 Å². The Morgan fingerprint density at radius 3 is 1.67 bits per heavy atom. The molecule has 4 aromatic rings. The molecule has 0 amide bonds. The maximum atomic E-state index is 2.26. The summed E-state index contributed by atoms with van der Waals surface area (Å²) in [7, 11) is 0. The van der Waals surface area contributed by atoms with Crippen molar-refractivity contribution < 1.29 is 4.40 Å². The number of hydrogen-bond acceptors (Lipinski definition) is 0. The standard InChI is InChI=1S/C17H12N/c1-2-8-14-13(7-1)15-9-3-4-10-16(15)18-12-6-5-11-17(14)18/h1-12H/q+1. The van der Waals surface area contributed by atoms with Crippen LogP contribution in [0.25, 0.3) is 27.2 Å². The van der Waals surface area contributed by atoms with E-state index >= 15 is 0 Å². The van der Waals surface area contributed by atoms with Gasteiger partial charge in [0, 0.05) is 23.6 Å². The Bertz CT molecular complexity index is 657. The summed E-state index contributed by atoms with van der Waals surface area (Å²) in [6, 6.07) is 23.5. The molecule has 2 aromatic heterocycles. The summed E-state index contributed by atoms with van der Waals surface area (Å²) in [4.78, 5) is 0. The number of fused-ring (bicyclic) bond motifs is 6. The zero-order valence-corrected chi connectivity index (χ0v) is 9.88. The third-order valence-electron chi connectivity index (χ3n) is 3.52. The van der Waals surface area contributed by atoms with E-state index in [1.54, 1.807) is 0 Å². The van der Waals surface area contributed by atoms with Crippen LogP contribution in [0.2, 0.25) is 0 Å². The fourth-order valence-corrected chi connectivity index (χ4v) is 2.73. The molecule has 0 aliphatic heterocycles. The Hall–Kier alpha value is -2.41. The van der Waals surface area contributed by atoms with E-state index in [2.05, 4.69) is 77.3 Å². The summed E-state index contributed by atoms with van der Waals surface area (Å²) in [5.74, 6) is 0. The molecule has 1 heteroatoms. The highest BCUT2D eigenvalue weighted by atomic mass is 14.9. The van der Waals surface area contributed by atoms with E-state index in [4.69, 9.17) is 0 Å². The molecule has 0 saturated carbocycles. The zero-order chi connectivity index (χ0) is 11.9. The third-order valence-corrected chi connectivity index (χ3v) is 3.52. The normalized spacial score (nSPS) is 11.3. The number of benzene rings is 2. The van der Waals surface area contributed by atoms with E-state index < -0.39 is 0 Å². The summed E-state index contributed by atoms with van der Waals surface area (Å²) in [6.07, 6.45) is 2.13. The molecular weight excluding hydrogens is 218 g/mol. The van der Waals surface area contributed by atoms with Crippen LogP contribution < -0.4 is 4.40 Å². The van der Waals surface area contributed by atoms with Crippen LogP contribution in [0.5, 0.6) is 0 Å². The molecule has 0 radical (unpaired) electrons. The average molecular weight is 230 g/mol. The molecule has 0 N–H and O–H groups in total. The molecule has 0 spiro atoms. The average Bonchev–Trinajstić information content (AvgIpc) is 2.48. The first-order chi connectivity index (χ1) is 8.95. The zero-order valence-electron chi connectivity index (χ0n) is 9.88. The summed E-state index contributed by atoms with van der Waals surface area (Å²) >= 11 is 0. The summed E-state index contributed by atoms with van der Waals surface area (Å²) in [5, 5.41) is 3.92. The molecule has 0 bridgehead atoms. The molecule has 0 fully saturated rings. The number of hydrogen-bond donors (Lipinski definition) is 0. The third kappa shape index (κ3) is 1.19. The summed E-state index contributed by atoms with van der Waals surface area (Å²) in [6.45, 7) is 0. The Kier molecular flexibility index (Phi) is 1.89. The number of aromatic nitrogens is 1. The molecule has 0 saturated heterocycles. The van der Waals surface area contributed by atoms with Crippen LogP contribution in [0.3, 0.4) is 0 Å². The Morgan fingerprint density at radius 2 is 1.00 bits per heavy atom. The molecular formula is C17H12N+. The number of rotatable bonds is 0. The largest absolute Gasteiger partial charge is 0.219 e. The van der Waals surface area contributed by atoms with Gasteiger partial charge in [0.15, 0.2) is 6.20 Å². The van der Waals surface area contributed by atoms with Crippen molar-refractivity contribution in [3.8, 4) is 0 Å². The quantitative estimate of drug-likeness (QED) is 0.320. The first-order valence-electron chi connectivity index (χ1n) is 6.15. The van der Waals surface area contributed by atoms with Crippen molar-refractivity contribution in [2.24, 2.45) is 0 Å². The van der Waals surface area contributed by atoms with Crippen molar-refractivity contribution >= 4 is 27.2 Å². The minimum atomic E-state index is 1.26. The Labute approximate surface area is 105 Å². The second kappa shape index (κ2) is 3.54. The molecule has 0 aliphatic rings. The smallest absolute Gasteiger partial charge is 0.159 e. The van der Waals surface area contributed by atoms with Crippen molar-refractivity contribution in [1.29, 1.82) is 0 Å². The number of para-hydroxylation sites is 1. The van der Waals surface area contributed by atoms with Crippen LogP contribution in [0, 0.1) is 0 Å². The molecule has 18 heavy (non-hydrogen) atoms. The molecule has 0 aliphatic carbocycles. The molecule has 0 atom stereocenters. The molecule has 1 nitrogen and oxygen atoms in total. The van der Waals surface area contributed by atoms with E-state index in [1.807, 2.05) is 0 Å². The van der Waals surface area contributed by atoms with Crippen molar-refractivity contribution in [3.63, 3.8) is 0 Å². The van der Waals surface area contributed by atoms with Gasteiger partial charge in [-0.2, -0.15) is 4.40 Å². The molecule has 2 aromatic carbocycles. The lowest BCUT2D eigenvalue weighted by atomic mass is 10.0. The summed E-state index contributed by atoms with van der Waals surface area (Å²) < 4.78 is 2.26. The Balaban J connectivity index is 2.46. The van der Waals surface area contributed by atoms with Gasteiger partial charge >= 0.3 is 0 Å². The maximum Gasteiger partial charge on any atom is 0.219 e. The van der Waals surface area contributed by atoms with Gasteiger partial charge in [0.1, 0.15) is 0 Å². The first-order valence-corrected chi connectivity index (χ1v) is 6.15. The van der Waals surface area contributed by atoms with Crippen molar-refractivity contribution in [2.75, 3.05) is 0 Å². The fourth-order valence-electron chi connectivity index (χ4n) is 2.73. The van der Waals surface area contributed by atoms with E-state index in [0.29, 0.717) is 0 Å². The van der Waals surface area contributed by atoms with Gasteiger partial charge in [0.2, 0.25) is 11.0 Å². The van der Waals surface area contributed by atoms with E-state index in [-0.39, 0.29) is 0 Å². The van der Waals surface area contributed by atoms with Crippen molar-refractivity contribution in [2.45, 2.75) is 0 Å². The van der Waals surface area contributed by atoms with Crippen molar-refractivity contribution in [1.82, 2.24) is 0 Å². The van der Waals surface area contributed by atoms with Crippen LogP contribution in [0.15, 0.2) is 72.9 Å². The number of pyridine rings is 2. The van der Waals surface area contributed by atoms with Crippen LogP contribution in [0.1, 0.15) is 0 Å². The molecule has 84 valence electrons. The lowest BCUT2D eigenvalue weighted by Gasteiger charge is -2.03. The van der Waals surface area contributed by atoms with Crippen LogP contribution in [-0.2, 0) is 0 Å². The van der Waals surface area contributed by atoms with E-state index in [9.17, 15) is 0 Å². The van der Waals surface area contributed by atoms with Crippen molar-refractivity contribution in [3.05, 3.63) is 72.9 Å². The first kappa shape index (κ1) is 9.60. The second-order valence-corrected chi connectivity index (χ2v) is 4.52. The lowest BCUT2D eigenvalue weighted by molar-refractivity contribution is -0.480. The topological polar surface area (TPSA) is 4.10 Å². The monoisotopic (exact) mass is 230 g/mol. The minimum Gasteiger partial charge on any atom is -0.159 e. The lowest BCUT2D eigenvalue weighted by Crippen LogP contribution is -2.22. The van der Waals surface area contributed by atoms with Crippen LogP contribution >= 0.6 is 0 Å². The highest BCUT2D eigenvalue weighted by molar-refractivity contribution is 6.09. The summed E-state index contributed by atoms with van der Waals surface area (Å²) in [5.41, 5.74) is 2.51. The van der Waals surface area contributed by atoms with E-state index in [1.165, 1.54) is 27.2 Å². The van der Waals surface area contributed by atoms with Crippen LogP contribution in [-0.4, -0.2) is 0 Å². The van der Waals surface area contributed by atoms with Gasteiger partial charge in [-0.05, 0) is 18.2 Å². The van der Waals surface area contributed by atoms with Gasteiger partial charge < -0.3 is 0 Å². The highest BCUT2D eigenvalue weighted by Gasteiger charge is 2.13.